The molecule has 0 saturated carbocycles. The molecule has 2 aromatic rings. The molecular formula is C20H28N4O3. The molecule has 2 heterocycles. The van der Waals surface area contributed by atoms with Crippen LogP contribution in [-0.2, 0) is 16.1 Å². The highest BCUT2D eigenvalue weighted by atomic mass is 16.5. The minimum atomic E-state index is -0.0990. The average molecular weight is 372 g/mol. The molecule has 27 heavy (non-hydrogen) atoms. The second-order valence-corrected chi connectivity index (χ2v) is 7.22. The van der Waals surface area contributed by atoms with Crippen molar-refractivity contribution >= 4 is 16.8 Å². The van der Waals surface area contributed by atoms with Gasteiger partial charge in [-0.3, -0.25) is 19.2 Å². The fraction of sp³-hybridized carbons (Fsp3) is 0.550. The molecular weight excluding hydrogens is 344 g/mol. The molecule has 0 radical (unpaired) electrons. The lowest BCUT2D eigenvalue weighted by Gasteiger charge is -2.35. The number of amides is 1. The maximum atomic E-state index is 12.1. The Balaban J connectivity index is 1.42. The molecule has 2 unspecified atom stereocenters. The molecule has 0 spiro atoms. The van der Waals surface area contributed by atoms with Gasteiger partial charge >= 0.3 is 0 Å². The van der Waals surface area contributed by atoms with Gasteiger partial charge in [0.15, 0.2) is 0 Å². The minimum absolute atomic E-state index is 0.00305. The SMILES string of the molecule is CC1CN(CCCNC(=O)CCn2ncc(=O)c3ccccc32)CC(C)O1. The van der Waals surface area contributed by atoms with Crippen molar-refractivity contribution in [1.29, 1.82) is 0 Å². The number of aromatic nitrogens is 2. The molecule has 2 atom stereocenters. The summed E-state index contributed by atoms with van der Waals surface area (Å²) in [5, 5.41) is 7.76. The van der Waals surface area contributed by atoms with Gasteiger partial charge < -0.3 is 10.1 Å². The molecule has 1 amide bonds. The van der Waals surface area contributed by atoms with Crippen molar-refractivity contribution in [2.24, 2.45) is 0 Å². The van der Waals surface area contributed by atoms with Gasteiger partial charge in [0, 0.05) is 38.0 Å². The highest BCUT2D eigenvalue weighted by Crippen LogP contribution is 2.11. The Bertz CT molecular complexity index is 825. The van der Waals surface area contributed by atoms with E-state index in [1.165, 1.54) is 6.20 Å². The number of benzene rings is 1. The molecule has 1 N–H and O–H groups in total. The lowest BCUT2D eigenvalue weighted by molar-refractivity contribution is -0.121. The number of ether oxygens (including phenoxy) is 1. The zero-order valence-corrected chi connectivity index (χ0v) is 16.1. The zero-order valence-electron chi connectivity index (χ0n) is 16.1. The summed E-state index contributed by atoms with van der Waals surface area (Å²) in [5.41, 5.74) is 0.659. The van der Waals surface area contributed by atoms with Crippen molar-refractivity contribution in [3.63, 3.8) is 0 Å². The minimum Gasteiger partial charge on any atom is -0.373 e. The molecule has 1 fully saturated rings. The maximum absolute atomic E-state index is 12.1. The summed E-state index contributed by atoms with van der Waals surface area (Å²) in [7, 11) is 0. The van der Waals surface area contributed by atoms with E-state index in [0.717, 1.165) is 31.6 Å². The molecule has 7 nitrogen and oxygen atoms in total. The van der Waals surface area contributed by atoms with Crippen LogP contribution in [0, 0.1) is 0 Å². The summed E-state index contributed by atoms with van der Waals surface area (Å²) in [6.45, 7) is 8.16. The van der Waals surface area contributed by atoms with Crippen molar-refractivity contribution in [3.8, 4) is 0 Å². The first kappa shape index (κ1) is 19.5. The number of carbonyl (C=O) groups excluding carboxylic acids is 1. The first-order valence-corrected chi connectivity index (χ1v) is 9.62. The van der Waals surface area contributed by atoms with Crippen molar-refractivity contribution in [2.45, 2.75) is 45.4 Å². The van der Waals surface area contributed by atoms with Gasteiger partial charge in [0.2, 0.25) is 11.3 Å². The quantitative estimate of drug-likeness (QED) is 0.744. The van der Waals surface area contributed by atoms with E-state index in [2.05, 4.69) is 29.2 Å². The number of para-hydroxylation sites is 1. The highest BCUT2D eigenvalue weighted by molar-refractivity contribution is 5.79. The molecule has 7 heteroatoms. The molecule has 1 saturated heterocycles. The number of aryl methyl sites for hydroxylation is 1. The molecule has 0 bridgehead atoms. The summed E-state index contributed by atoms with van der Waals surface area (Å²) < 4.78 is 7.45. The third-order valence-electron chi connectivity index (χ3n) is 4.78. The number of hydrogen-bond donors (Lipinski definition) is 1. The molecule has 1 aliphatic heterocycles. The van der Waals surface area contributed by atoms with E-state index in [1.807, 2.05) is 18.2 Å². The van der Waals surface area contributed by atoms with Crippen LogP contribution >= 0.6 is 0 Å². The summed E-state index contributed by atoms with van der Waals surface area (Å²) in [6, 6.07) is 7.33. The zero-order chi connectivity index (χ0) is 19.2. The fourth-order valence-corrected chi connectivity index (χ4v) is 3.63. The van der Waals surface area contributed by atoms with Crippen LogP contribution in [0.3, 0.4) is 0 Å². The van der Waals surface area contributed by atoms with E-state index in [4.69, 9.17) is 4.74 Å². The molecule has 1 aliphatic rings. The lowest BCUT2D eigenvalue weighted by Crippen LogP contribution is -2.46. The van der Waals surface area contributed by atoms with Gasteiger partial charge in [-0.25, -0.2) is 0 Å². The maximum Gasteiger partial charge on any atom is 0.221 e. The van der Waals surface area contributed by atoms with Gasteiger partial charge in [-0.15, -0.1) is 0 Å². The van der Waals surface area contributed by atoms with Crippen molar-refractivity contribution in [3.05, 3.63) is 40.7 Å². The predicted molar refractivity (Wildman–Crippen MR) is 105 cm³/mol. The van der Waals surface area contributed by atoms with Crippen LogP contribution in [-0.4, -0.2) is 59.0 Å². The first-order valence-electron chi connectivity index (χ1n) is 9.62. The number of rotatable bonds is 7. The number of hydrogen-bond acceptors (Lipinski definition) is 5. The number of nitrogens with one attached hydrogen (secondary N) is 1. The monoisotopic (exact) mass is 372 g/mol. The molecule has 3 rings (SSSR count). The van der Waals surface area contributed by atoms with E-state index in [9.17, 15) is 9.59 Å². The Morgan fingerprint density at radius 1 is 1.22 bits per heavy atom. The fourth-order valence-electron chi connectivity index (χ4n) is 3.63. The topological polar surface area (TPSA) is 76.5 Å². The Morgan fingerprint density at radius 3 is 2.74 bits per heavy atom. The summed E-state index contributed by atoms with van der Waals surface area (Å²) >= 11 is 0. The van der Waals surface area contributed by atoms with E-state index >= 15 is 0 Å². The standard InChI is InChI=1S/C20H28N4O3/c1-15-13-23(14-16(2)27-15)10-5-9-21-20(26)8-11-24-18-7-4-3-6-17(18)19(25)12-22-24/h3-4,6-7,12,15-16H,5,8-11,13-14H2,1-2H3,(H,21,26). The van der Waals surface area contributed by atoms with Crippen LogP contribution in [0.4, 0.5) is 0 Å². The third-order valence-corrected chi connectivity index (χ3v) is 4.78. The molecule has 1 aromatic carbocycles. The number of carbonyl (C=O) groups is 1. The average Bonchev–Trinajstić information content (AvgIpc) is 2.64. The Hall–Kier alpha value is -2.25. The normalized spacial score (nSPS) is 20.7. The molecule has 1 aromatic heterocycles. The smallest absolute Gasteiger partial charge is 0.221 e. The van der Waals surface area contributed by atoms with Crippen LogP contribution in [0.5, 0.6) is 0 Å². The summed E-state index contributed by atoms with van der Waals surface area (Å²) in [5.74, 6) is 0.00305. The van der Waals surface area contributed by atoms with Crippen LogP contribution in [0.15, 0.2) is 35.3 Å². The number of nitrogens with zero attached hydrogens (tertiary/aromatic N) is 3. The van der Waals surface area contributed by atoms with Crippen LogP contribution in [0.2, 0.25) is 0 Å². The van der Waals surface area contributed by atoms with Crippen LogP contribution < -0.4 is 10.7 Å². The van der Waals surface area contributed by atoms with Gasteiger partial charge in [-0.2, -0.15) is 5.10 Å². The van der Waals surface area contributed by atoms with E-state index in [1.54, 1.807) is 10.7 Å². The van der Waals surface area contributed by atoms with E-state index in [-0.39, 0.29) is 23.5 Å². The second-order valence-electron chi connectivity index (χ2n) is 7.22. The summed E-state index contributed by atoms with van der Waals surface area (Å²) in [4.78, 5) is 26.4. The van der Waals surface area contributed by atoms with Crippen molar-refractivity contribution in [1.82, 2.24) is 20.0 Å². The van der Waals surface area contributed by atoms with Crippen LogP contribution in [0.25, 0.3) is 10.9 Å². The van der Waals surface area contributed by atoms with Gasteiger partial charge in [-0.05, 0) is 32.4 Å². The van der Waals surface area contributed by atoms with Gasteiger partial charge in [0.05, 0.1) is 30.5 Å². The van der Waals surface area contributed by atoms with Gasteiger partial charge in [-0.1, -0.05) is 12.1 Å². The molecule has 0 aliphatic carbocycles. The first-order chi connectivity index (χ1) is 13.0. The Kier molecular flexibility index (Phi) is 6.58. The van der Waals surface area contributed by atoms with Gasteiger partial charge in [0.25, 0.3) is 0 Å². The van der Waals surface area contributed by atoms with E-state index in [0.29, 0.717) is 24.9 Å². The largest absolute Gasteiger partial charge is 0.373 e. The Labute approximate surface area is 159 Å². The van der Waals surface area contributed by atoms with Crippen molar-refractivity contribution in [2.75, 3.05) is 26.2 Å². The molecule has 146 valence electrons. The summed E-state index contributed by atoms with van der Waals surface area (Å²) in [6.07, 6.45) is 3.10. The van der Waals surface area contributed by atoms with Gasteiger partial charge in [0.1, 0.15) is 0 Å². The second kappa shape index (κ2) is 9.10. The Morgan fingerprint density at radius 2 is 1.96 bits per heavy atom. The third kappa shape index (κ3) is 5.37. The lowest BCUT2D eigenvalue weighted by atomic mass is 10.2. The van der Waals surface area contributed by atoms with Crippen LogP contribution in [0.1, 0.15) is 26.7 Å². The number of morpholine rings is 1. The number of fused-ring (bicyclic) bond motifs is 1. The van der Waals surface area contributed by atoms with Crippen molar-refractivity contribution < 1.29 is 9.53 Å². The van der Waals surface area contributed by atoms with E-state index < -0.39 is 0 Å². The highest BCUT2D eigenvalue weighted by Gasteiger charge is 2.21. The predicted octanol–water partition coefficient (Wildman–Crippen LogP) is 1.40.